The van der Waals surface area contributed by atoms with Crippen LogP contribution in [0, 0.1) is 5.82 Å². The Balaban J connectivity index is 2.19. The molecule has 2 rings (SSSR count). The van der Waals surface area contributed by atoms with Gasteiger partial charge in [-0.05, 0) is 19.9 Å². The van der Waals surface area contributed by atoms with Crippen LogP contribution >= 0.6 is 0 Å². The maximum atomic E-state index is 13.6. The highest BCUT2D eigenvalue weighted by atomic mass is 19.1. The van der Waals surface area contributed by atoms with E-state index in [2.05, 4.69) is 0 Å². The van der Waals surface area contributed by atoms with Crippen LogP contribution in [0.15, 0.2) is 24.3 Å². The molecule has 0 spiro atoms. The van der Waals surface area contributed by atoms with Gasteiger partial charge >= 0.3 is 0 Å². The first-order chi connectivity index (χ1) is 8.94. The maximum absolute atomic E-state index is 13.6. The van der Waals surface area contributed by atoms with Crippen molar-refractivity contribution >= 4 is 5.91 Å². The standard InChI is InChI=1S/C14H19FN2O2/c1-14(2)13(18)17(9-11(7-16)19-14)8-10-5-3-4-6-12(10)15/h3-6,11H,7-9,16H2,1-2H3. The molecule has 104 valence electrons. The van der Waals surface area contributed by atoms with Gasteiger partial charge in [-0.1, -0.05) is 18.2 Å². The van der Waals surface area contributed by atoms with Gasteiger partial charge in [0.15, 0.2) is 0 Å². The average molecular weight is 266 g/mol. The van der Waals surface area contributed by atoms with Gasteiger partial charge in [0.05, 0.1) is 6.10 Å². The predicted octanol–water partition coefficient (Wildman–Crippen LogP) is 1.29. The number of halogens is 1. The molecule has 0 bridgehead atoms. The fraction of sp³-hybridized carbons (Fsp3) is 0.500. The van der Waals surface area contributed by atoms with Gasteiger partial charge in [-0.3, -0.25) is 4.79 Å². The maximum Gasteiger partial charge on any atom is 0.254 e. The zero-order valence-electron chi connectivity index (χ0n) is 11.2. The Morgan fingerprint density at radius 1 is 1.47 bits per heavy atom. The Kier molecular flexibility index (Phi) is 3.87. The number of carbonyl (C=O) groups is 1. The first-order valence-corrected chi connectivity index (χ1v) is 6.34. The molecule has 0 aromatic heterocycles. The second kappa shape index (κ2) is 5.27. The van der Waals surface area contributed by atoms with Gasteiger partial charge in [0.25, 0.3) is 5.91 Å². The normalized spacial score (nSPS) is 22.6. The third-order valence-corrected chi connectivity index (χ3v) is 3.27. The molecule has 1 aromatic carbocycles. The minimum Gasteiger partial charge on any atom is -0.359 e. The molecule has 5 heteroatoms. The minimum absolute atomic E-state index is 0.138. The molecule has 4 nitrogen and oxygen atoms in total. The fourth-order valence-corrected chi connectivity index (χ4v) is 2.31. The number of nitrogens with two attached hydrogens (primary N) is 1. The lowest BCUT2D eigenvalue weighted by molar-refractivity contribution is -0.179. The molecule has 1 unspecified atom stereocenters. The Hall–Kier alpha value is -1.46. The van der Waals surface area contributed by atoms with Crippen LogP contribution in [0.5, 0.6) is 0 Å². The molecule has 0 aliphatic carbocycles. The van der Waals surface area contributed by atoms with Crippen molar-refractivity contribution in [1.29, 1.82) is 0 Å². The monoisotopic (exact) mass is 266 g/mol. The number of ether oxygens (including phenoxy) is 1. The summed E-state index contributed by atoms with van der Waals surface area (Å²) in [4.78, 5) is 13.9. The molecule has 0 saturated carbocycles. The number of nitrogens with zero attached hydrogens (tertiary/aromatic N) is 1. The molecule has 1 heterocycles. The van der Waals surface area contributed by atoms with E-state index in [1.165, 1.54) is 6.07 Å². The van der Waals surface area contributed by atoms with Gasteiger partial charge in [0.1, 0.15) is 11.4 Å². The van der Waals surface area contributed by atoms with Crippen LogP contribution in [-0.4, -0.2) is 35.6 Å². The van der Waals surface area contributed by atoms with Crippen molar-refractivity contribution in [2.45, 2.75) is 32.1 Å². The van der Waals surface area contributed by atoms with Crippen LogP contribution in [0.3, 0.4) is 0 Å². The van der Waals surface area contributed by atoms with Crippen LogP contribution in [0.2, 0.25) is 0 Å². The van der Waals surface area contributed by atoms with Crippen LogP contribution in [-0.2, 0) is 16.1 Å². The highest BCUT2D eigenvalue weighted by Crippen LogP contribution is 2.24. The Labute approximate surface area is 112 Å². The zero-order valence-corrected chi connectivity index (χ0v) is 11.2. The molecule has 2 N–H and O–H groups in total. The van der Waals surface area contributed by atoms with Crippen molar-refractivity contribution in [3.05, 3.63) is 35.6 Å². The quantitative estimate of drug-likeness (QED) is 0.897. The second-order valence-electron chi connectivity index (χ2n) is 5.26. The van der Waals surface area contributed by atoms with E-state index in [0.29, 0.717) is 18.7 Å². The Morgan fingerprint density at radius 2 is 2.16 bits per heavy atom. The number of hydrogen-bond acceptors (Lipinski definition) is 3. The molecule has 1 amide bonds. The van der Waals surface area contributed by atoms with Crippen molar-refractivity contribution in [3.8, 4) is 0 Å². The van der Waals surface area contributed by atoms with Gasteiger partial charge in [-0.25, -0.2) is 4.39 Å². The summed E-state index contributed by atoms with van der Waals surface area (Å²) >= 11 is 0. The molecular formula is C14H19FN2O2. The average Bonchev–Trinajstić information content (AvgIpc) is 2.37. The lowest BCUT2D eigenvalue weighted by Gasteiger charge is -2.41. The predicted molar refractivity (Wildman–Crippen MR) is 69.8 cm³/mol. The lowest BCUT2D eigenvalue weighted by Crippen LogP contribution is -2.58. The van der Waals surface area contributed by atoms with Gasteiger partial charge in [-0.15, -0.1) is 0 Å². The van der Waals surface area contributed by atoms with E-state index >= 15 is 0 Å². The summed E-state index contributed by atoms with van der Waals surface area (Å²) in [7, 11) is 0. The minimum atomic E-state index is -0.909. The Bertz CT molecular complexity index is 476. The van der Waals surface area contributed by atoms with E-state index in [0.717, 1.165) is 0 Å². The van der Waals surface area contributed by atoms with Crippen molar-refractivity contribution < 1.29 is 13.9 Å². The smallest absolute Gasteiger partial charge is 0.254 e. The summed E-state index contributed by atoms with van der Waals surface area (Å²) in [5.74, 6) is -0.440. The van der Waals surface area contributed by atoms with E-state index in [1.54, 1.807) is 36.9 Å². The summed E-state index contributed by atoms with van der Waals surface area (Å²) in [5, 5.41) is 0. The van der Waals surface area contributed by atoms with Crippen molar-refractivity contribution in [2.24, 2.45) is 5.73 Å². The molecule has 0 radical (unpaired) electrons. The number of carbonyl (C=O) groups excluding carboxylic acids is 1. The van der Waals surface area contributed by atoms with Gasteiger partial charge < -0.3 is 15.4 Å². The highest BCUT2D eigenvalue weighted by Gasteiger charge is 2.40. The van der Waals surface area contributed by atoms with E-state index in [9.17, 15) is 9.18 Å². The third-order valence-electron chi connectivity index (χ3n) is 3.27. The molecule has 1 atom stereocenters. The summed E-state index contributed by atoms with van der Waals surface area (Å²) in [5.41, 5.74) is 5.21. The number of hydrogen-bond donors (Lipinski definition) is 1. The van der Waals surface area contributed by atoms with Gasteiger partial charge in [0.2, 0.25) is 0 Å². The van der Waals surface area contributed by atoms with Crippen LogP contribution < -0.4 is 5.73 Å². The summed E-state index contributed by atoms with van der Waals surface area (Å²) in [6, 6.07) is 6.47. The molecule has 1 fully saturated rings. The SMILES string of the molecule is CC1(C)OC(CN)CN(Cc2ccccc2F)C1=O. The fourth-order valence-electron chi connectivity index (χ4n) is 2.31. The summed E-state index contributed by atoms with van der Waals surface area (Å²) in [6.45, 7) is 4.41. The highest BCUT2D eigenvalue weighted by molar-refractivity contribution is 5.85. The summed E-state index contributed by atoms with van der Waals surface area (Å²) in [6.07, 6.45) is -0.209. The molecule has 1 aliphatic heterocycles. The lowest BCUT2D eigenvalue weighted by atomic mass is 10.0. The van der Waals surface area contributed by atoms with Crippen molar-refractivity contribution in [3.63, 3.8) is 0 Å². The molecular weight excluding hydrogens is 247 g/mol. The largest absolute Gasteiger partial charge is 0.359 e. The van der Waals surface area contributed by atoms with Crippen molar-refractivity contribution in [2.75, 3.05) is 13.1 Å². The van der Waals surface area contributed by atoms with E-state index in [1.807, 2.05) is 0 Å². The second-order valence-corrected chi connectivity index (χ2v) is 5.26. The van der Waals surface area contributed by atoms with Crippen molar-refractivity contribution in [1.82, 2.24) is 4.90 Å². The third kappa shape index (κ3) is 2.93. The molecule has 1 aromatic rings. The molecule has 1 saturated heterocycles. The molecule has 1 aliphatic rings. The van der Waals surface area contributed by atoms with E-state index < -0.39 is 5.60 Å². The first kappa shape index (κ1) is 14.0. The van der Waals surface area contributed by atoms with Gasteiger partial charge in [-0.2, -0.15) is 0 Å². The van der Waals surface area contributed by atoms with E-state index in [-0.39, 0.29) is 24.4 Å². The van der Waals surface area contributed by atoms with E-state index in [4.69, 9.17) is 10.5 Å². The molecule has 19 heavy (non-hydrogen) atoms. The topological polar surface area (TPSA) is 55.6 Å². The van der Waals surface area contributed by atoms with Crippen LogP contribution in [0.1, 0.15) is 19.4 Å². The summed E-state index contributed by atoms with van der Waals surface area (Å²) < 4.78 is 19.3. The van der Waals surface area contributed by atoms with Crippen LogP contribution in [0.4, 0.5) is 4.39 Å². The number of benzene rings is 1. The first-order valence-electron chi connectivity index (χ1n) is 6.34. The Morgan fingerprint density at radius 3 is 2.79 bits per heavy atom. The zero-order chi connectivity index (χ0) is 14.0. The van der Waals surface area contributed by atoms with Crippen LogP contribution in [0.25, 0.3) is 0 Å². The number of amides is 1. The number of morpholine rings is 1. The number of rotatable bonds is 3. The van der Waals surface area contributed by atoms with Gasteiger partial charge in [0, 0.05) is 25.2 Å².